The van der Waals surface area contributed by atoms with Crippen LogP contribution >= 0.6 is 0 Å². The summed E-state index contributed by atoms with van der Waals surface area (Å²) in [4.78, 5) is 25.3. The van der Waals surface area contributed by atoms with Crippen LogP contribution < -0.4 is 0 Å². The molecule has 23 heavy (non-hydrogen) atoms. The van der Waals surface area contributed by atoms with E-state index >= 15 is 0 Å². The highest BCUT2D eigenvalue weighted by Crippen LogP contribution is 2.65. The summed E-state index contributed by atoms with van der Waals surface area (Å²) in [7, 11) is 0. The standard InChI is InChI=1S/C19H24O4/c1-10-9-18-7-6-12-17(2,3)14(20)8-15(21)19(12,23)13(18)5-4-11(10)16(18)22/h6,11,13,15,21,23H,1,4-5,7-9H2,2-3H3/t11?,13-,15-,18?,19-/m0/s1. The van der Waals surface area contributed by atoms with Crippen LogP contribution in [0.5, 0.6) is 0 Å². The molecule has 2 bridgehead atoms. The SMILES string of the molecule is C=C1CC23CC=C4C(C)(C)C(=O)C[C@H](O)[C@@]4(O)[C@H]2CCC1C3=O. The first-order valence-corrected chi connectivity index (χ1v) is 8.52. The number of hydrogen-bond acceptors (Lipinski definition) is 4. The Hall–Kier alpha value is -1.26. The first-order valence-electron chi connectivity index (χ1n) is 8.52. The molecule has 2 N–H and O–H groups in total. The summed E-state index contributed by atoms with van der Waals surface area (Å²) in [5, 5.41) is 22.2. The number of allylic oxidation sites excluding steroid dienone is 2. The van der Waals surface area contributed by atoms with E-state index in [2.05, 4.69) is 6.58 Å². The maximum atomic E-state index is 13.0. The van der Waals surface area contributed by atoms with Gasteiger partial charge in [0.25, 0.3) is 0 Å². The Morgan fingerprint density at radius 1 is 1.26 bits per heavy atom. The van der Waals surface area contributed by atoms with E-state index in [1.54, 1.807) is 0 Å². The number of Topliss-reactive ketones (excluding diaryl/α,β-unsaturated/α-hetero) is 2. The summed E-state index contributed by atoms with van der Waals surface area (Å²) >= 11 is 0. The van der Waals surface area contributed by atoms with E-state index in [0.717, 1.165) is 5.57 Å². The third kappa shape index (κ3) is 1.54. The molecule has 4 rings (SSSR count). The van der Waals surface area contributed by atoms with Crippen LogP contribution in [-0.4, -0.2) is 33.5 Å². The van der Waals surface area contributed by atoms with Crippen LogP contribution in [0.15, 0.2) is 23.8 Å². The van der Waals surface area contributed by atoms with Crippen LogP contribution in [0.4, 0.5) is 0 Å². The van der Waals surface area contributed by atoms with Gasteiger partial charge in [0, 0.05) is 29.1 Å². The van der Waals surface area contributed by atoms with Crippen molar-refractivity contribution in [2.45, 2.75) is 57.7 Å². The first kappa shape index (κ1) is 15.3. The van der Waals surface area contributed by atoms with Crippen molar-refractivity contribution in [2.75, 3.05) is 0 Å². The number of rotatable bonds is 0. The maximum Gasteiger partial charge on any atom is 0.147 e. The van der Waals surface area contributed by atoms with Crippen LogP contribution in [0.2, 0.25) is 0 Å². The number of carbonyl (C=O) groups excluding carboxylic acids is 2. The molecule has 3 saturated carbocycles. The van der Waals surface area contributed by atoms with Crippen LogP contribution in [0.25, 0.3) is 0 Å². The molecule has 0 saturated heterocycles. The predicted molar refractivity (Wildman–Crippen MR) is 84.5 cm³/mol. The molecule has 0 aromatic rings. The van der Waals surface area contributed by atoms with Crippen molar-refractivity contribution in [3.63, 3.8) is 0 Å². The predicted octanol–water partition coefficient (Wildman–Crippen LogP) is 1.95. The smallest absolute Gasteiger partial charge is 0.147 e. The Morgan fingerprint density at radius 2 is 1.96 bits per heavy atom. The summed E-state index contributed by atoms with van der Waals surface area (Å²) in [5.74, 6) is -0.266. The fourth-order valence-corrected chi connectivity index (χ4v) is 5.88. The molecule has 4 heteroatoms. The second-order valence-electron chi connectivity index (χ2n) is 8.45. The fraction of sp³-hybridized carbons (Fsp3) is 0.684. The number of aliphatic hydroxyl groups excluding tert-OH is 1. The topological polar surface area (TPSA) is 74.6 Å². The van der Waals surface area contributed by atoms with E-state index in [9.17, 15) is 19.8 Å². The van der Waals surface area contributed by atoms with Gasteiger partial charge in [0.2, 0.25) is 0 Å². The summed E-state index contributed by atoms with van der Waals surface area (Å²) in [6, 6.07) is 0. The number of carbonyl (C=O) groups is 2. The van der Waals surface area contributed by atoms with E-state index < -0.39 is 22.5 Å². The molecule has 0 aliphatic heterocycles. The highest BCUT2D eigenvalue weighted by atomic mass is 16.3. The normalized spacial score (nSPS) is 47.9. The summed E-state index contributed by atoms with van der Waals surface area (Å²) < 4.78 is 0. The lowest BCUT2D eigenvalue weighted by Gasteiger charge is -2.58. The Morgan fingerprint density at radius 3 is 2.65 bits per heavy atom. The quantitative estimate of drug-likeness (QED) is 0.670. The molecular formula is C19H24O4. The molecule has 1 spiro atoms. The molecule has 0 aromatic carbocycles. The second-order valence-corrected chi connectivity index (χ2v) is 8.45. The van der Waals surface area contributed by atoms with Crippen molar-refractivity contribution in [3.05, 3.63) is 23.8 Å². The van der Waals surface area contributed by atoms with Gasteiger partial charge in [-0.15, -0.1) is 0 Å². The van der Waals surface area contributed by atoms with Gasteiger partial charge in [-0.25, -0.2) is 0 Å². The molecular weight excluding hydrogens is 292 g/mol. The fourth-order valence-electron chi connectivity index (χ4n) is 5.88. The Kier molecular flexibility index (Phi) is 2.81. The molecule has 2 unspecified atom stereocenters. The third-order valence-electron chi connectivity index (χ3n) is 7.14. The number of aliphatic hydroxyl groups is 2. The molecule has 4 nitrogen and oxygen atoms in total. The van der Waals surface area contributed by atoms with Crippen molar-refractivity contribution in [1.29, 1.82) is 0 Å². The molecule has 0 radical (unpaired) electrons. The van der Waals surface area contributed by atoms with Gasteiger partial charge < -0.3 is 10.2 Å². The Balaban J connectivity index is 1.91. The van der Waals surface area contributed by atoms with Gasteiger partial charge in [0.15, 0.2) is 0 Å². The third-order valence-corrected chi connectivity index (χ3v) is 7.14. The average molecular weight is 316 g/mol. The minimum Gasteiger partial charge on any atom is -0.389 e. The minimum absolute atomic E-state index is 0.0484. The lowest BCUT2D eigenvalue weighted by Crippen LogP contribution is -2.66. The van der Waals surface area contributed by atoms with E-state index in [4.69, 9.17) is 0 Å². The Labute approximate surface area is 136 Å². The molecule has 3 fully saturated rings. The van der Waals surface area contributed by atoms with Gasteiger partial charge in [-0.3, -0.25) is 9.59 Å². The molecule has 0 amide bonds. The highest BCUT2D eigenvalue weighted by Gasteiger charge is 2.69. The van der Waals surface area contributed by atoms with Crippen LogP contribution in [-0.2, 0) is 9.59 Å². The Bertz CT molecular complexity index is 673. The molecule has 5 atom stereocenters. The van der Waals surface area contributed by atoms with Crippen molar-refractivity contribution >= 4 is 11.6 Å². The molecule has 4 aliphatic carbocycles. The lowest BCUT2D eigenvalue weighted by molar-refractivity contribution is -0.177. The molecule has 0 heterocycles. The van der Waals surface area contributed by atoms with Crippen LogP contribution in [0.3, 0.4) is 0 Å². The van der Waals surface area contributed by atoms with Crippen molar-refractivity contribution in [2.24, 2.45) is 22.7 Å². The van der Waals surface area contributed by atoms with Gasteiger partial charge in [0.1, 0.15) is 17.2 Å². The summed E-state index contributed by atoms with van der Waals surface area (Å²) in [6.45, 7) is 7.71. The summed E-state index contributed by atoms with van der Waals surface area (Å²) in [5.41, 5.74) is -1.30. The second kappa shape index (κ2) is 4.22. The number of hydrogen-bond donors (Lipinski definition) is 2. The average Bonchev–Trinajstić information content (AvgIpc) is 2.61. The first-order chi connectivity index (χ1) is 10.7. The van der Waals surface area contributed by atoms with E-state index in [1.165, 1.54) is 0 Å². The molecule has 4 aliphatic rings. The van der Waals surface area contributed by atoms with Gasteiger partial charge in [-0.1, -0.05) is 18.2 Å². The van der Waals surface area contributed by atoms with Crippen LogP contribution in [0, 0.1) is 22.7 Å². The van der Waals surface area contributed by atoms with Gasteiger partial charge in [-0.2, -0.15) is 0 Å². The summed E-state index contributed by atoms with van der Waals surface area (Å²) in [6.07, 6.45) is 3.24. The zero-order valence-electron chi connectivity index (χ0n) is 13.8. The maximum absolute atomic E-state index is 13.0. The monoisotopic (exact) mass is 316 g/mol. The van der Waals surface area contributed by atoms with Crippen molar-refractivity contribution in [3.8, 4) is 0 Å². The zero-order chi connectivity index (χ0) is 16.8. The van der Waals surface area contributed by atoms with Crippen molar-refractivity contribution in [1.82, 2.24) is 0 Å². The highest BCUT2D eigenvalue weighted by molar-refractivity contribution is 5.96. The van der Waals surface area contributed by atoms with E-state index in [-0.39, 0.29) is 29.8 Å². The van der Waals surface area contributed by atoms with Crippen LogP contribution in [0.1, 0.15) is 46.0 Å². The van der Waals surface area contributed by atoms with E-state index in [0.29, 0.717) is 31.3 Å². The molecule has 124 valence electrons. The van der Waals surface area contributed by atoms with E-state index in [1.807, 2.05) is 19.9 Å². The van der Waals surface area contributed by atoms with Crippen molar-refractivity contribution < 1.29 is 19.8 Å². The lowest BCUT2D eigenvalue weighted by atomic mass is 9.48. The minimum atomic E-state index is -1.47. The van der Waals surface area contributed by atoms with Gasteiger partial charge >= 0.3 is 0 Å². The number of fused-ring (bicyclic) bond motifs is 3. The zero-order valence-corrected chi connectivity index (χ0v) is 13.8. The molecule has 0 aromatic heterocycles. The van der Waals surface area contributed by atoms with Gasteiger partial charge in [-0.05, 0) is 45.1 Å². The number of ketones is 2. The van der Waals surface area contributed by atoms with Gasteiger partial charge in [0.05, 0.1) is 6.10 Å². The largest absolute Gasteiger partial charge is 0.389 e.